The molecule has 0 aliphatic carbocycles. The SMILES string of the molecule is CO[Si](CCCCSSSSSSSSc1nc2ccccc2s1)(OC)OC. The van der Waals surface area contributed by atoms with Crippen molar-refractivity contribution < 1.29 is 13.3 Å². The topological polar surface area (TPSA) is 40.6 Å². The lowest BCUT2D eigenvalue weighted by Crippen LogP contribution is -2.42. The first-order chi connectivity index (χ1) is 13.7. The minimum Gasteiger partial charge on any atom is -0.377 e. The van der Waals surface area contributed by atoms with Gasteiger partial charge in [-0.05, 0) is 94.7 Å². The molecular weight excluding hydrogens is 547 g/mol. The van der Waals surface area contributed by atoms with E-state index in [1.807, 2.05) is 36.5 Å². The highest BCUT2D eigenvalue weighted by molar-refractivity contribution is 9.48. The molecule has 0 spiro atoms. The van der Waals surface area contributed by atoms with Crippen LogP contribution in [0, 0.1) is 0 Å². The van der Waals surface area contributed by atoms with Gasteiger partial charge in [-0.1, -0.05) is 22.9 Å². The van der Waals surface area contributed by atoms with Crippen LogP contribution in [-0.4, -0.2) is 40.9 Å². The van der Waals surface area contributed by atoms with Crippen LogP contribution >= 0.6 is 91.9 Å². The molecule has 0 aliphatic heterocycles. The zero-order valence-corrected chi connectivity index (χ0v) is 23.8. The molecule has 2 rings (SSSR count). The van der Waals surface area contributed by atoms with Crippen LogP contribution in [0.15, 0.2) is 28.6 Å². The Balaban J connectivity index is 1.41. The van der Waals surface area contributed by atoms with E-state index in [4.69, 9.17) is 13.3 Å². The molecule has 1 aromatic heterocycles. The molecule has 0 saturated heterocycles. The summed E-state index contributed by atoms with van der Waals surface area (Å²) in [5.74, 6) is 1.12. The van der Waals surface area contributed by atoms with Gasteiger partial charge in [0.2, 0.25) is 0 Å². The summed E-state index contributed by atoms with van der Waals surface area (Å²) >= 11 is 1.75. The zero-order chi connectivity index (χ0) is 20.1. The molecular formula is C14H21NO3S9Si. The quantitative estimate of drug-likeness (QED) is 0.111. The van der Waals surface area contributed by atoms with Gasteiger partial charge in [0.25, 0.3) is 0 Å². The second-order valence-corrected chi connectivity index (χ2v) is 22.4. The number of fused-ring (bicyclic) bond motifs is 1. The van der Waals surface area contributed by atoms with Gasteiger partial charge in [-0.3, -0.25) is 0 Å². The van der Waals surface area contributed by atoms with Gasteiger partial charge in [-0.25, -0.2) is 4.98 Å². The maximum Gasteiger partial charge on any atom is 0.500 e. The first-order valence-corrected chi connectivity index (χ1v) is 21.1. The molecule has 0 bridgehead atoms. The molecule has 28 heavy (non-hydrogen) atoms. The number of unbranched alkanes of at least 4 members (excludes halogenated alkanes) is 1. The summed E-state index contributed by atoms with van der Waals surface area (Å²) in [4.78, 5) is 4.62. The largest absolute Gasteiger partial charge is 0.500 e. The normalized spacial score (nSPS) is 12.1. The summed E-state index contributed by atoms with van der Waals surface area (Å²) in [6.45, 7) is 0. The average Bonchev–Trinajstić information content (AvgIpc) is 3.15. The van der Waals surface area contributed by atoms with Crippen molar-refractivity contribution in [2.24, 2.45) is 0 Å². The number of para-hydroxylation sites is 1. The van der Waals surface area contributed by atoms with Gasteiger partial charge in [0.15, 0.2) is 4.34 Å². The van der Waals surface area contributed by atoms with Crippen LogP contribution in [0.1, 0.15) is 12.8 Å². The standard InChI is InChI=1S/C14H21NO3S9Si/c1-16-28(17-2,18-3)11-7-6-10-19-22-24-26-27-25-23-21-14-15-12-8-4-5-9-13(12)20-14/h4-5,8-9H,6-7,10-11H2,1-3H3. The van der Waals surface area contributed by atoms with E-state index in [1.54, 1.807) is 82.8 Å². The molecule has 0 radical (unpaired) electrons. The third kappa shape index (κ3) is 9.65. The second kappa shape index (κ2) is 15.8. The molecule has 0 atom stereocenters. The fourth-order valence-electron chi connectivity index (χ4n) is 2.09. The van der Waals surface area contributed by atoms with Gasteiger partial charge in [0.05, 0.1) is 10.2 Å². The van der Waals surface area contributed by atoms with Crippen molar-refractivity contribution in [3.8, 4) is 0 Å². The van der Waals surface area contributed by atoms with Gasteiger partial charge in [0.1, 0.15) is 0 Å². The molecule has 4 nitrogen and oxygen atoms in total. The van der Waals surface area contributed by atoms with Gasteiger partial charge >= 0.3 is 8.80 Å². The van der Waals surface area contributed by atoms with Crippen LogP contribution in [0.4, 0.5) is 0 Å². The van der Waals surface area contributed by atoms with Gasteiger partial charge in [-0.15, -0.1) is 11.3 Å². The highest BCUT2D eigenvalue weighted by atomic mass is 34.0. The molecule has 0 amide bonds. The number of hydrogen-bond acceptors (Lipinski definition) is 13. The lowest BCUT2D eigenvalue weighted by molar-refractivity contribution is 0.123. The molecule has 0 saturated carbocycles. The van der Waals surface area contributed by atoms with Crippen LogP contribution in [-0.2, 0) is 13.3 Å². The van der Waals surface area contributed by atoms with E-state index in [-0.39, 0.29) is 0 Å². The minimum absolute atomic E-state index is 0.875. The third-order valence-electron chi connectivity index (χ3n) is 3.46. The summed E-state index contributed by atoms with van der Waals surface area (Å²) in [5.41, 5.74) is 1.09. The molecule has 0 N–H and O–H groups in total. The molecule has 1 heterocycles. The summed E-state index contributed by atoms with van der Waals surface area (Å²) in [7, 11) is 17.1. The average molecular weight is 568 g/mol. The van der Waals surface area contributed by atoms with Crippen LogP contribution in [0.3, 0.4) is 0 Å². The number of hydrogen-bond donors (Lipinski definition) is 0. The Bertz CT molecular complexity index is 635. The first-order valence-electron chi connectivity index (χ1n) is 8.03. The Labute approximate surface area is 201 Å². The van der Waals surface area contributed by atoms with Crippen molar-refractivity contribution in [3.63, 3.8) is 0 Å². The Hall–Kier alpha value is 2.01. The molecule has 1 aromatic carbocycles. The van der Waals surface area contributed by atoms with E-state index < -0.39 is 8.80 Å². The molecule has 0 unspecified atom stereocenters. The van der Waals surface area contributed by atoms with Crippen LogP contribution in [0.25, 0.3) is 10.2 Å². The van der Waals surface area contributed by atoms with Crippen molar-refractivity contribution in [1.82, 2.24) is 4.98 Å². The molecule has 2 aromatic rings. The Kier molecular flexibility index (Phi) is 14.8. The summed E-state index contributed by atoms with van der Waals surface area (Å²) in [6, 6.07) is 9.15. The predicted octanol–water partition coefficient (Wildman–Crippen LogP) is 8.58. The number of benzene rings is 1. The molecule has 158 valence electrons. The molecule has 0 fully saturated rings. The monoisotopic (exact) mass is 567 g/mol. The highest BCUT2D eigenvalue weighted by Gasteiger charge is 2.36. The number of rotatable bonds is 16. The highest BCUT2D eigenvalue weighted by Crippen LogP contribution is 2.58. The Morgan fingerprint density at radius 2 is 1.57 bits per heavy atom. The fourth-order valence-corrected chi connectivity index (χ4v) is 22.3. The van der Waals surface area contributed by atoms with Gasteiger partial charge in [-0.2, -0.15) is 0 Å². The van der Waals surface area contributed by atoms with Crippen LogP contribution in [0.5, 0.6) is 0 Å². The van der Waals surface area contributed by atoms with Crippen LogP contribution < -0.4 is 0 Å². The lowest BCUT2D eigenvalue weighted by Gasteiger charge is -2.24. The smallest absolute Gasteiger partial charge is 0.377 e. The van der Waals surface area contributed by atoms with Gasteiger partial charge < -0.3 is 13.3 Å². The third-order valence-corrected chi connectivity index (χ3v) is 22.8. The van der Waals surface area contributed by atoms with E-state index in [1.165, 1.54) is 4.70 Å². The van der Waals surface area contributed by atoms with E-state index in [2.05, 4.69) is 23.2 Å². The number of aromatic nitrogens is 1. The molecule has 0 aliphatic rings. The Morgan fingerprint density at radius 1 is 0.893 bits per heavy atom. The fraction of sp³-hybridized carbons (Fsp3) is 0.500. The lowest BCUT2D eigenvalue weighted by atomic mass is 10.3. The van der Waals surface area contributed by atoms with Crippen LogP contribution in [0.2, 0.25) is 6.04 Å². The number of nitrogens with zero attached hydrogens (tertiary/aromatic N) is 1. The van der Waals surface area contributed by atoms with E-state index in [0.717, 1.165) is 34.5 Å². The van der Waals surface area contributed by atoms with E-state index in [0.29, 0.717) is 0 Å². The van der Waals surface area contributed by atoms with Crippen molar-refractivity contribution in [1.29, 1.82) is 0 Å². The first kappa shape index (κ1) is 26.3. The second-order valence-electron chi connectivity index (χ2n) is 5.01. The van der Waals surface area contributed by atoms with Crippen molar-refractivity contribution in [2.75, 3.05) is 27.1 Å². The zero-order valence-electron chi connectivity index (χ0n) is 15.5. The van der Waals surface area contributed by atoms with E-state index in [9.17, 15) is 0 Å². The Morgan fingerprint density at radius 3 is 2.29 bits per heavy atom. The van der Waals surface area contributed by atoms with Crippen molar-refractivity contribution >= 4 is 111 Å². The summed E-state index contributed by atoms with van der Waals surface area (Å²) < 4.78 is 18.7. The van der Waals surface area contributed by atoms with Crippen molar-refractivity contribution in [2.45, 2.75) is 23.2 Å². The maximum absolute atomic E-state index is 5.43. The van der Waals surface area contributed by atoms with E-state index >= 15 is 0 Å². The minimum atomic E-state index is -2.39. The maximum atomic E-state index is 5.43. The van der Waals surface area contributed by atoms with Crippen molar-refractivity contribution in [3.05, 3.63) is 24.3 Å². The van der Waals surface area contributed by atoms with Gasteiger partial charge in [0, 0.05) is 33.1 Å². The number of thiazole rings is 1. The molecule has 14 heteroatoms. The summed E-state index contributed by atoms with van der Waals surface area (Å²) in [5, 5.41) is 0. The summed E-state index contributed by atoms with van der Waals surface area (Å²) in [6.07, 6.45) is 2.21. The predicted molar refractivity (Wildman–Crippen MR) is 144 cm³/mol.